The highest BCUT2D eigenvalue weighted by atomic mass is 19.1. The Morgan fingerprint density at radius 3 is 2.37 bits per heavy atom. The molecule has 0 aliphatic heterocycles. The molecule has 2 aliphatic carbocycles. The molecule has 4 rings (SSSR count). The fraction of sp³-hybridized carbons (Fsp3) is 0.412. The quantitative estimate of drug-likeness (QED) is 0.859. The predicted octanol–water partition coefficient (Wildman–Crippen LogP) is 4.06. The van der Waals surface area contributed by atoms with Gasteiger partial charge in [-0.2, -0.15) is 0 Å². The van der Waals surface area contributed by atoms with E-state index in [0.29, 0.717) is 11.3 Å². The van der Waals surface area contributed by atoms with Gasteiger partial charge in [0.1, 0.15) is 5.82 Å². The Bertz CT molecular complexity index is 626. The fourth-order valence-electron chi connectivity index (χ4n) is 3.82. The second kappa shape index (κ2) is 4.04. The summed E-state index contributed by atoms with van der Waals surface area (Å²) < 4.78 is 13.8. The predicted molar refractivity (Wildman–Crippen MR) is 73.2 cm³/mol. The average Bonchev–Trinajstić information content (AvgIpc) is 3.05. The van der Waals surface area contributed by atoms with Crippen molar-refractivity contribution in [3.63, 3.8) is 0 Å². The second-order valence-corrected chi connectivity index (χ2v) is 6.11. The van der Waals surface area contributed by atoms with Gasteiger partial charge < -0.3 is 5.11 Å². The molecular weight excluding hydrogens is 239 g/mol. The molecule has 98 valence electrons. The molecule has 3 unspecified atom stereocenters. The van der Waals surface area contributed by atoms with Crippen molar-refractivity contribution in [2.45, 2.75) is 25.4 Å². The van der Waals surface area contributed by atoms with Gasteiger partial charge in [0.15, 0.2) is 0 Å². The smallest absolute Gasteiger partial charge is 0.131 e. The van der Waals surface area contributed by atoms with Gasteiger partial charge in [-0.15, -0.1) is 0 Å². The molecule has 2 heteroatoms. The van der Waals surface area contributed by atoms with Crippen LogP contribution in [0.15, 0.2) is 36.4 Å². The van der Waals surface area contributed by atoms with Gasteiger partial charge in [0.05, 0.1) is 6.10 Å². The monoisotopic (exact) mass is 256 g/mol. The summed E-state index contributed by atoms with van der Waals surface area (Å²) in [7, 11) is 0. The van der Waals surface area contributed by atoms with Gasteiger partial charge in [0.25, 0.3) is 0 Å². The molecule has 1 nitrogen and oxygen atoms in total. The molecule has 2 aliphatic rings. The molecule has 3 atom stereocenters. The van der Waals surface area contributed by atoms with Gasteiger partial charge in [-0.1, -0.05) is 30.3 Å². The van der Waals surface area contributed by atoms with Crippen LogP contribution < -0.4 is 0 Å². The molecule has 2 aromatic carbocycles. The summed E-state index contributed by atoms with van der Waals surface area (Å²) in [6.07, 6.45) is 3.18. The molecule has 2 saturated carbocycles. The van der Waals surface area contributed by atoms with E-state index in [-0.39, 0.29) is 5.82 Å². The number of aliphatic hydroxyl groups is 1. The summed E-state index contributed by atoms with van der Waals surface area (Å²) in [5.74, 6) is 1.86. The lowest BCUT2D eigenvalue weighted by atomic mass is 9.89. The standard InChI is InChI=1S/C17H17FO/c18-16-6-5-15(13-3-1-2-4-14(13)16)17(19)12-8-10-7-11(10)9-12/h1-6,10-12,17,19H,7-9H2. The van der Waals surface area contributed by atoms with Gasteiger partial charge in [0.2, 0.25) is 0 Å². The summed E-state index contributed by atoms with van der Waals surface area (Å²) in [6, 6.07) is 10.7. The van der Waals surface area contributed by atoms with Crippen molar-refractivity contribution < 1.29 is 9.50 Å². The Hall–Kier alpha value is -1.41. The Morgan fingerprint density at radius 1 is 0.947 bits per heavy atom. The number of halogens is 1. The Labute approximate surface area is 112 Å². The molecule has 2 aromatic rings. The van der Waals surface area contributed by atoms with E-state index >= 15 is 0 Å². The Kier molecular flexibility index (Phi) is 2.43. The first-order valence-electron chi connectivity index (χ1n) is 7.09. The summed E-state index contributed by atoms with van der Waals surface area (Å²) in [5, 5.41) is 12.1. The summed E-state index contributed by atoms with van der Waals surface area (Å²) >= 11 is 0. The van der Waals surface area contributed by atoms with Crippen molar-refractivity contribution >= 4 is 10.8 Å². The first-order valence-corrected chi connectivity index (χ1v) is 7.09. The van der Waals surface area contributed by atoms with Crippen molar-refractivity contribution in [1.82, 2.24) is 0 Å². The van der Waals surface area contributed by atoms with Gasteiger partial charge in [-0.25, -0.2) is 4.39 Å². The van der Waals surface area contributed by atoms with Crippen LogP contribution >= 0.6 is 0 Å². The highest BCUT2D eigenvalue weighted by molar-refractivity contribution is 5.86. The van der Waals surface area contributed by atoms with Crippen LogP contribution in [0, 0.1) is 23.6 Å². The molecule has 0 heterocycles. The molecule has 0 amide bonds. The maximum absolute atomic E-state index is 13.8. The van der Waals surface area contributed by atoms with Crippen molar-refractivity contribution in [3.8, 4) is 0 Å². The summed E-state index contributed by atoms with van der Waals surface area (Å²) in [4.78, 5) is 0. The van der Waals surface area contributed by atoms with E-state index < -0.39 is 6.10 Å². The summed E-state index contributed by atoms with van der Waals surface area (Å²) in [6.45, 7) is 0. The van der Waals surface area contributed by atoms with E-state index in [2.05, 4.69) is 0 Å². The highest BCUT2D eigenvalue weighted by Crippen LogP contribution is 2.57. The number of rotatable bonds is 2. The third-order valence-electron chi connectivity index (χ3n) is 4.95. The fourth-order valence-corrected chi connectivity index (χ4v) is 3.82. The van der Waals surface area contributed by atoms with Crippen LogP contribution in [0.4, 0.5) is 4.39 Å². The maximum Gasteiger partial charge on any atom is 0.131 e. The van der Waals surface area contributed by atoms with Crippen LogP contribution in [0.3, 0.4) is 0 Å². The van der Waals surface area contributed by atoms with Crippen molar-refractivity contribution in [2.75, 3.05) is 0 Å². The van der Waals surface area contributed by atoms with Crippen LogP contribution in [0.25, 0.3) is 10.8 Å². The number of hydrogen-bond acceptors (Lipinski definition) is 1. The number of hydrogen-bond donors (Lipinski definition) is 1. The molecular formula is C17H17FO. The lowest BCUT2D eigenvalue weighted by molar-refractivity contribution is 0.106. The molecule has 0 spiro atoms. The number of aliphatic hydroxyl groups excluding tert-OH is 1. The van der Waals surface area contributed by atoms with Crippen LogP contribution in [-0.4, -0.2) is 5.11 Å². The topological polar surface area (TPSA) is 20.2 Å². The first kappa shape index (κ1) is 11.4. The third-order valence-corrected chi connectivity index (χ3v) is 4.95. The minimum absolute atomic E-state index is 0.208. The number of benzene rings is 2. The normalized spacial score (nSPS) is 30.3. The minimum atomic E-state index is -0.446. The zero-order valence-electron chi connectivity index (χ0n) is 10.7. The molecule has 1 N–H and O–H groups in total. The third kappa shape index (κ3) is 1.78. The molecule has 0 saturated heterocycles. The minimum Gasteiger partial charge on any atom is -0.388 e. The first-order chi connectivity index (χ1) is 9.24. The van der Waals surface area contributed by atoms with Crippen molar-refractivity contribution in [2.24, 2.45) is 17.8 Å². The second-order valence-electron chi connectivity index (χ2n) is 6.11. The molecule has 19 heavy (non-hydrogen) atoms. The van der Waals surface area contributed by atoms with Gasteiger partial charge in [-0.05, 0) is 54.0 Å². The maximum atomic E-state index is 13.8. The largest absolute Gasteiger partial charge is 0.388 e. The van der Waals surface area contributed by atoms with Gasteiger partial charge in [-0.3, -0.25) is 0 Å². The Balaban J connectivity index is 1.76. The lowest BCUT2D eigenvalue weighted by Gasteiger charge is -2.21. The zero-order valence-corrected chi connectivity index (χ0v) is 10.7. The zero-order chi connectivity index (χ0) is 13.0. The van der Waals surface area contributed by atoms with Crippen LogP contribution in [0.1, 0.15) is 30.9 Å². The number of fused-ring (bicyclic) bond motifs is 2. The summed E-state index contributed by atoms with van der Waals surface area (Å²) in [5.41, 5.74) is 0.892. The Morgan fingerprint density at radius 2 is 1.63 bits per heavy atom. The molecule has 2 fully saturated rings. The van der Waals surface area contributed by atoms with E-state index in [4.69, 9.17) is 0 Å². The molecule has 0 bridgehead atoms. The molecule has 0 aromatic heterocycles. The van der Waals surface area contributed by atoms with Crippen molar-refractivity contribution in [1.29, 1.82) is 0 Å². The van der Waals surface area contributed by atoms with Crippen LogP contribution in [-0.2, 0) is 0 Å². The van der Waals surface area contributed by atoms with E-state index in [1.54, 1.807) is 12.1 Å². The van der Waals surface area contributed by atoms with Crippen LogP contribution in [0.5, 0.6) is 0 Å². The highest BCUT2D eigenvalue weighted by Gasteiger charge is 2.48. The SMILES string of the molecule is OC(c1ccc(F)c2ccccc12)C1CC2CC2C1. The van der Waals surface area contributed by atoms with E-state index in [9.17, 15) is 9.50 Å². The van der Waals surface area contributed by atoms with Gasteiger partial charge >= 0.3 is 0 Å². The van der Waals surface area contributed by atoms with Crippen molar-refractivity contribution in [3.05, 3.63) is 47.8 Å². The lowest BCUT2D eigenvalue weighted by Crippen LogP contribution is -2.11. The average molecular weight is 256 g/mol. The van der Waals surface area contributed by atoms with Gasteiger partial charge in [0, 0.05) is 5.39 Å². The van der Waals surface area contributed by atoms with E-state index in [0.717, 1.165) is 35.6 Å². The van der Waals surface area contributed by atoms with E-state index in [1.165, 1.54) is 12.5 Å². The van der Waals surface area contributed by atoms with Crippen LogP contribution in [0.2, 0.25) is 0 Å². The molecule has 0 radical (unpaired) electrons. The van der Waals surface area contributed by atoms with E-state index in [1.807, 2.05) is 18.2 Å².